The third kappa shape index (κ3) is 3.14. The van der Waals surface area contributed by atoms with Crippen molar-refractivity contribution in [3.63, 3.8) is 0 Å². The van der Waals surface area contributed by atoms with Gasteiger partial charge in [-0.15, -0.1) is 0 Å². The summed E-state index contributed by atoms with van der Waals surface area (Å²) in [6.07, 6.45) is -0.279. The zero-order valence-electron chi connectivity index (χ0n) is 12.8. The van der Waals surface area contributed by atoms with Crippen molar-refractivity contribution in [2.24, 2.45) is 0 Å². The Hall–Kier alpha value is -1.41. The standard InChI is InChI=1S/C15H19F2NO4S/c1-18(11-5-7-15(16,17)8-6-11)23(19,20)13-4-2-3-12-14(13)22-10-9-21-12/h2-4,11H,5-10H2,1H3. The minimum absolute atomic E-state index is 0.0227. The largest absolute Gasteiger partial charge is 0.486 e. The lowest BCUT2D eigenvalue weighted by Crippen LogP contribution is -2.41. The molecule has 1 aromatic rings. The first-order chi connectivity index (χ1) is 10.8. The van der Waals surface area contributed by atoms with Gasteiger partial charge >= 0.3 is 0 Å². The van der Waals surface area contributed by atoms with Crippen molar-refractivity contribution in [3.05, 3.63) is 18.2 Å². The van der Waals surface area contributed by atoms with E-state index in [1.807, 2.05) is 0 Å². The molecule has 0 aromatic heterocycles. The van der Waals surface area contributed by atoms with Gasteiger partial charge in [-0.25, -0.2) is 17.2 Å². The second-order valence-corrected chi connectivity index (χ2v) is 7.85. The number of rotatable bonds is 3. The van der Waals surface area contributed by atoms with Crippen molar-refractivity contribution in [2.45, 2.75) is 42.5 Å². The zero-order chi connectivity index (χ0) is 16.7. The van der Waals surface area contributed by atoms with Gasteiger partial charge in [0.1, 0.15) is 18.1 Å². The average Bonchev–Trinajstić information content (AvgIpc) is 2.53. The Labute approximate surface area is 134 Å². The fourth-order valence-electron chi connectivity index (χ4n) is 2.99. The highest BCUT2D eigenvalue weighted by molar-refractivity contribution is 7.89. The highest BCUT2D eigenvalue weighted by atomic mass is 32.2. The molecular formula is C15H19F2NO4S. The third-order valence-corrected chi connectivity index (χ3v) is 6.32. The van der Waals surface area contributed by atoms with Crippen LogP contribution in [0.4, 0.5) is 8.78 Å². The molecule has 0 atom stereocenters. The number of para-hydroxylation sites is 1. The van der Waals surface area contributed by atoms with E-state index in [0.717, 1.165) is 0 Å². The predicted molar refractivity (Wildman–Crippen MR) is 79.6 cm³/mol. The van der Waals surface area contributed by atoms with Crippen LogP contribution in [0.5, 0.6) is 11.5 Å². The van der Waals surface area contributed by atoms with Crippen molar-refractivity contribution in [1.29, 1.82) is 0 Å². The maximum absolute atomic E-state index is 13.3. The van der Waals surface area contributed by atoms with E-state index in [1.54, 1.807) is 12.1 Å². The highest BCUT2D eigenvalue weighted by Gasteiger charge is 2.40. The summed E-state index contributed by atoms with van der Waals surface area (Å²) >= 11 is 0. The minimum Gasteiger partial charge on any atom is -0.486 e. The molecule has 0 saturated heterocycles. The Morgan fingerprint density at radius 1 is 1.17 bits per heavy atom. The van der Waals surface area contributed by atoms with E-state index in [2.05, 4.69) is 0 Å². The monoisotopic (exact) mass is 347 g/mol. The molecular weight excluding hydrogens is 328 g/mol. The number of fused-ring (bicyclic) bond motifs is 1. The normalized spacial score (nSPS) is 21.4. The van der Waals surface area contributed by atoms with Gasteiger partial charge in [0, 0.05) is 25.9 Å². The van der Waals surface area contributed by atoms with Gasteiger partial charge < -0.3 is 9.47 Å². The van der Waals surface area contributed by atoms with Crippen LogP contribution < -0.4 is 9.47 Å². The van der Waals surface area contributed by atoms with Gasteiger partial charge in [-0.3, -0.25) is 0 Å². The quantitative estimate of drug-likeness (QED) is 0.844. The van der Waals surface area contributed by atoms with Gasteiger partial charge in [0.15, 0.2) is 11.5 Å². The van der Waals surface area contributed by atoms with Crippen molar-refractivity contribution < 1.29 is 26.7 Å². The number of hydrogen-bond acceptors (Lipinski definition) is 4. The van der Waals surface area contributed by atoms with Crippen LogP contribution in [0.3, 0.4) is 0 Å². The highest BCUT2D eigenvalue weighted by Crippen LogP contribution is 2.40. The first-order valence-electron chi connectivity index (χ1n) is 7.56. The Morgan fingerprint density at radius 2 is 1.83 bits per heavy atom. The smallest absolute Gasteiger partial charge is 0.248 e. The second kappa shape index (κ2) is 5.90. The molecule has 3 rings (SSSR count). The molecule has 0 amide bonds. The first-order valence-corrected chi connectivity index (χ1v) is 9.00. The van der Waals surface area contributed by atoms with Crippen molar-refractivity contribution in [2.75, 3.05) is 20.3 Å². The van der Waals surface area contributed by atoms with Crippen LogP contribution in [0.15, 0.2) is 23.1 Å². The van der Waals surface area contributed by atoms with Gasteiger partial charge in [0.2, 0.25) is 15.9 Å². The molecule has 2 aliphatic rings. The number of ether oxygens (including phenoxy) is 2. The summed E-state index contributed by atoms with van der Waals surface area (Å²) < 4.78 is 64.4. The van der Waals surface area contributed by atoms with Crippen molar-refractivity contribution >= 4 is 10.0 Å². The lowest BCUT2D eigenvalue weighted by atomic mass is 9.92. The number of alkyl halides is 2. The third-order valence-electron chi connectivity index (χ3n) is 4.39. The van der Waals surface area contributed by atoms with Gasteiger partial charge in [0.05, 0.1) is 0 Å². The molecule has 1 aromatic carbocycles. The summed E-state index contributed by atoms with van der Waals surface area (Å²) in [6, 6.07) is 4.26. The Bertz CT molecular complexity index is 683. The molecule has 8 heteroatoms. The van der Waals surface area contributed by atoms with E-state index >= 15 is 0 Å². The summed E-state index contributed by atoms with van der Waals surface area (Å²) in [5, 5.41) is 0. The van der Waals surface area contributed by atoms with Gasteiger partial charge in [-0.2, -0.15) is 4.31 Å². The number of benzene rings is 1. The lowest BCUT2D eigenvalue weighted by molar-refractivity contribution is -0.0453. The van der Waals surface area contributed by atoms with Crippen LogP contribution in [0.1, 0.15) is 25.7 Å². The maximum atomic E-state index is 13.3. The predicted octanol–water partition coefficient (Wildman–Crippen LogP) is 2.66. The number of nitrogens with zero attached hydrogens (tertiary/aromatic N) is 1. The lowest BCUT2D eigenvalue weighted by Gasteiger charge is -2.34. The van der Waals surface area contributed by atoms with Crippen LogP contribution in [-0.4, -0.2) is 44.9 Å². The molecule has 1 heterocycles. The van der Waals surface area contributed by atoms with E-state index in [4.69, 9.17) is 9.47 Å². The van der Waals surface area contributed by atoms with Crippen molar-refractivity contribution in [1.82, 2.24) is 4.31 Å². The molecule has 23 heavy (non-hydrogen) atoms. The molecule has 0 N–H and O–H groups in total. The Morgan fingerprint density at radius 3 is 2.52 bits per heavy atom. The molecule has 1 fully saturated rings. The van der Waals surface area contributed by atoms with E-state index in [0.29, 0.717) is 12.4 Å². The number of hydrogen-bond donors (Lipinski definition) is 0. The minimum atomic E-state index is -3.83. The van der Waals surface area contributed by atoms with E-state index in [-0.39, 0.29) is 42.9 Å². The van der Waals surface area contributed by atoms with Gasteiger partial charge in [-0.05, 0) is 25.0 Å². The average molecular weight is 347 g/mol. The van der Waals surface area contributed by atoms with Crippen LogP contribution in [0, 0.1) is 0 Å². The van der Waals surface area contributed by atoms with Crippen LogP contribution >= 0.6 is 0 Å². The summed E-state index contributed by atoms with van der Waals surface area (Å²) in [7, 11) is -2.40. The molecule has 1 saturated carbocycles. The molecule has 0 bridgehead atoms. The molecule has 0 radical (unpaired) electrons. The summed E-state index contributed by atoms with van der Waals surface area (Å²) in [5.74, 6) is -2.10. The number of sulfonamides is 1. The van der Waals surface area contributed by atoms with Gasteiger partial charge in [-0.1, -0.05) is 6.07 Å². The molecule has 0 unspecified atom stereocenters. The van der Waals surface area contributed by atoms with E-state index < -0.39 is 22.0 Å². The first kappa shape index (κ1) is 16.4. The van der Waals surface area contributed by atoms with Gasteiger partial charge in [0.25, 0.3) is 0 Å². The molecule has 1 aliphatic heterocycles. The molecule has 1 aliphatic carbocycles. The summed E-state index contributed by atoms with van der Waals surface area (Å²) in [6.45, 7) is 0.642. The van der Waals surface area contributed by atoms with Crippen molar-refractivity contribution in [3.8, 4) is 11.5 Å². The summed E-state index contributed by atoms with van der Waals surface area (Å²) in [4.78, 5) is 0.0227. The molecule has 128 valence electrons. The zero-order valence-corrected chi connectivity index (χ0v) is 13.6. The molecule has 5 nitrogen and oxygen atoms in total. The second-order valence-electron chi connectivity index (χ2n) is 5.89. The van der Waals surface area contributed by atoms with Crippen LogP contribution in [0.2, 0.25) is 0 Å². The fraction of sp³-hybridized carbons (Fsp3) is 0.600. The maximum Gasteiger partial charge on any atom is 0.248 e. The van der Waals surface area contributed by atoms with Crippen LogP contribution in [0.25, 0.3) is 0 Å². The topological polar surface area (TPSA) is 55.8 Å². The fourth-order valence-corrected chi connectivity index (χ4v) is 4.55. The van der Waals surface area contributed by atoms with E-state index in [1.165, 1.54) is 17.4 Å². The Kier molecular flexibility index (Phi) is 4.22. The number of halogens is 2. The van der Waals surface area contributed by atoms with Crippen LogP contribution in [-0.2, 0) is 10.0 Å². The summed E-state index contributed by atoms with van der Waals surface area (Å²) in [5.41, 5.74) is 0. The molecule has 0 spiro atoms. The Balaban J connectivity index is 1.87. The SMILES string of the molecule is CN(C1CCC(F)(F)CC1)S(=O)(=O)c1cccc2c1OCCO2. The van der Waals surface area contributed by atoms with E-state index in [9.17, 15) is 17.2 Å².